The highest BCUT2D eigenvalue weighted by Crippen LogP contribution is 2.47. The number of para-hydroxylation sites is 1. The average Bonchev–Trinajstić information content (AvgIpc) is 3.48. The van der Waals surface area contributed by atoms with Crippen molar-refractivity contribution in [1.82, 2.24) is 14.9 Å². The molecule has 2 aliphatic heterocycles. The van der Waals surface area contributed by atoms with Crippen LogP contribution in [0.2, 0.25) is 0 Å². The average molecular weight is 500 g/mol. The minimum absolute atomic E-state index is 0.143. The second kappa shape index (κ2) is 10.1. The molecule has 0 atom stereocenters. The number of methoxy groups -OCH3 is 1. The van der Waals surface area contributed by atoms with Gasteiger partial charge in [0.1, 0.15) is 17.4 Å². The number of benzene rings is 2. The SMILES string of the molecule is COc1ccccc1C1CCN(c2nc(C3(C)CC3)nc3ccc(N(C)CCN4CCCC4)cc23)CC1. The van der Waals surface area contributed by atoms with E-state index in [0.717, 1.165) is 61.9 Å². The van der Waals surface area contributed by atoms with Crippen LogP contribution in [0, 0.1) is 0 Å². The number of fused-ring (bicyclic) bond motifs is 1. The number of piperidine rings is 1. The Morgan fingerprint density at radius 1 is 1.00 bits per heavy atom. The van der Waals surface area contributed by atoms with Crippen molar-refractivity contribution in [2.24, 2.45) is 0 Å². The Bertz CT molecular complexity index is 1240. The van der Waals surface area contributed by atoms with Crippen molar-refractivity contribution >= 4 is 22.4 Å². The molecule has 0 amide bonds. The molecule has 196 valence electrons. The fourth-order valence-electron chi connectivity index (χ4n) is 6.09. The third-order valence-electron chi connectivity index (χ3n) is 8.96. The summed E-state index contributed by atoms with van der Waals surface area (Å²) in [7, 11) is 4.00. The lowest BCUT2D eigenvalue weighted by atomic mass is 9.88. The lowest BCUT2D eigenvalue weighted by Crippen LogP contribution is -2.34. The summed E-state index contributed by atoms with van der Waals surface area (Å²) in [4.78, 5) is 17.8. The van der Waals surface area contributed by atoms with Gasteiger partial charge in [0, 0.05) is 49.7 Å². The Kier molecular flexibility index (Phi) is 6.70. The van der Waals surface area contributed by atoms with Crippen LogP contribution in [0.1, 0.15) is 62.8 Å². The topological polar surface area (TPSA) is 44.7 Å². The van der Waals surface area contributed by atoms with Gasteiger partial charge >= 0.3 is 0 Å². The van der Waals surface area contributed by atoms with Gasteiger partial charge in [-0.2, -0.15) is 0 Å². The van der Waals surface area contributed by atoms with Gasteiger partial charge < -0.3 is 19.4 Å². The quantitative estimate of drug-likeness (QED) is 0.402. The maximum absolute atomic E-state index is 5.67. The highest BCUT2D eigenvalue weighted by molar-refractivity contribution is 5.92. The Hall–Kier alpha value is -2.86. The molecule has 0 spiro atoms. The number of likely N-dealkylation sites (tertiary alicyclic amines) is 1. The van der Waals surface area contributed by atoms with Crippen molar-refractivity contribution in [3.8, 4) is 5.75 Å². The van der Waals surface area contributed by atoms with Gasteiger partial charge in [-0.15, -0.1) is 0 Å². The number of ether oxygens (including phenoxy) is 1. The number of nitrogens with zero attached hydrogens (tertiary/aromatic N) is 5. The number of hydrogen-bond donors (Lipinski definition) is 0. The molecule has 1 aromatic heterocycles. The minimum atomic E-state index is 0.143. The Balaban J connectivity index is 1.27. The Morgan fingerprint density at radius 2 is 1.76 bits per heavy atom. The molecular formula is C31H41N5O. The van der Waals surface area contributed by atoms with Crippen molar-refractivity contribution in [2.75, 3.05) is 63.2 Å². The van der Waals surface area contributed by atoms with E-state index >= 15 is 0 Å². The molecule has 3 heterocycles. The number of hydrogen-bond acceptors (Lipinski definition) is 6. The first kappa shape index (κ1) is 24.5. The lowest BCUT2D eigenvalue weighted by Gasteiger charge is -2.34. The van der Waals surface area contributed by atoms with E-state index in [1.54, 1.807) is 7.11 Å². The van der Waals surface area contributed by atoms with Gasteiger partial charge in [-0.25, -0.2) is 9.97 Å². The molecule has 6 heteroatoms. The van der Waals surface area contributed by atoms with E-state index < -0.39 is 0 Å². The van der Waals surface area contributed by atoms with Crippen LogP contribution >= 0.6 is 0 Å². The summed E-state index contributed by atoms with van der Waals surface area (Å²) in [6.07, 6.45) is 7.27. The van der Waals surface area contributed by atoms with Crippen molar-refractivity contribution in [3.05, 3.63) is 53.9 Å². The standard InChI is InChI=1S/C31H41N5O/c1-31(14-15-31)30-32-27-11-10-24(34(2)20-21-35-16-6-7-17-35)22-26(27)29(33-30)36-18-12-23(13-19-36)25-8-4-5-9-28(25)37-3/h4-5,8-11,22-23H,6-7,12-21H2,1-3H3. The molecule has 2 aromatic carbocycles. The van der Waals surface area contributed by atoms with Crippen LogP contribution in [0.25, 0.3) is 10.9 Å². The molecule has 3 fully saturated rings. The predicted octanol–water partition coefficient (Wildman–Crippen LogP) is 5.61. The molecule has 3 aromatic rings. The van der Waals surface area contributed by atoms with Crippen molar-refractivity contribution in [3.63, 3.8) is 0 Å². The normalized spacial score (nSPS) is 19.9. The molecule has 3 aliphatic rings. The van der Waals surface area contributed by atoms with Crippen molar-refractivity contribution < 1.29 is 4.74 Å². The van der Waals surface area contributed by atoms with Crippen molar-refractivity contribution in [2.45, 2.75) is 56.8 Å². The number of rotatable bonds is 8. The monoisotopic (exact) mass is 499 g/mol. The van der Waals surface area contributed by atoms with E-state index in [2.05, 4.69) is 71.1 Å². The third-order valence-corrected chi connectivity index (χ3v) is 8.96. The summed E-state index contributed by atoms with van der Waals surface area (Å²) in [5, 5.41) is 1.19. The smallest absolute Gasteiger partial charge is 0.140 e. The zero-order valence-electron chi connectivity index (χ0n) is 22.7. The molecule has 0 N–H and O–H groups in total. The van der Waals surface area contributed by atoms with E-state index in [-0.39, 0.29) is 5.41 Å². The summed E-state index contributed by atoms with van der Waals surface area (Å²) in [5.74, 6) is 3.69. The first-order valence-electron chi connectivity index (χ1n) is 14.2. The summed E-state index contributed by atoms with van der Waals surface area (Å²) < 4.78 is 5.67. The maximum atomic E-state index is 5.67. The molecule has 0 bridgehead atoms. The molecule has 1 aliphatic carbocycles. The number of aromatic nitrogens is 2. The van der Waals surface area contributed by atoms with Gasteiger partial charge in [0.2, 0.25) is 0 Å². The first-order valence-corrected chi connectivity index (χ1v) is 14.2. The summed E-state index contributed by atoms with van der Waals surface area (Å²) in [6.45, 7) is 8.98. The number of anilines is 2. The second-order valence-electron chi connectivity index (χ2n) is 11.6. The van der Waals surface area contributed by atoms with E-state index in [0.29, 0.717) is 5.92 Å². The Morgan fingerprint density at radius 3 is 2.49 bits per heavy atom. The summed E-state index contributed by atoms with van der Waals surface area (Å²) in [5.41, 5.74) is 3.82. The molecule has 0 unspecified atom stereocenters. The van der Waals surface area contributed by atoms with Crippen LogP contribution in [0.3, 0.4) is 0 Å². The van der Waals surface area contributed by atoms with Crippen molar-refractivity contribution in [1.29, 1.82) is 0 Å². The van der Waals surface area contributed by atoms with Crippen LogP contribution in [0.5, 0.6) is 5.75 Å². The van der Waals surface area contributed by atoms with Gasteiger partial charge in [0.25, 0.3) is 0 Å². The minimum Gasteiger partial charge on any atom is -0.496 e. The molecule has 6 rings (SSSR count). The van der Waals surface area contributed by atoms with E-state index in [4.69, 9.17) is 14.7 Å². The molecule has 37 heavy (non-hydrogen) atoms. The highest BCUT2D eigenvalue weighted by atomic mass is 16.5. The molecular weight excluding hydrogens is 458 g/mol. The van der Waals surface area contributed by atoms with Gasteiger partial charge in [-0.1, -0.05) is 25.1 Å². The third kappa shape index (κ3) is 5.00. The Labute approximate surface area is 221 Å². The van der Waals surface area contributed by atoms with Crippen LogP contribution in [0.4, 0.5) is 11.5 Å². The van der Waals surface area contributed by atoms with Crippen LogP contribution in [0.15, 0.2) is 42.5 Å². The van der Waals surface area contributed by atoms with E-state index in [1.807, 2.05) is 0 Å². The fourth-order valence-corrected chi connectivity index (χ4v) is 6.09. The largest absolute Gasteiger partial charge is 0.496 e. The zero-order chi connectivity index (χ0) is 25.4. The van der Waals surface area contributed by atoms with Gasteiger partial charge in [0.15, 0.2) is 0 Å². The van der Waals surface area contributed by atoms with Gasteiger partial charge in [0.05, 0.1) is 12.6 Å². The first-order chi connectivity index (χ1) is 18.0. The summed E-state index contributed by atoms with van der Waals surface area (Å²) in [6, 6.07) is 15.3. The predicted molar refractivity (Wildman–Crippen MR) is 152 cm³/mol. The molecule has 0 radical (unpaired) electrons. The fraction of sp³-hybridized carbons (Fsp3) is 0.548. The molecule has 1 saturated carbocycles. The molecule has 2 saturated heterocycles. The maximum Gasteiger partial charge on any atom is 0.140 e. The lowest BCUT2D eigenvalue weighted by molar-refractivity contribution is 0.346. The highest BCUT2D eigenvalue weighted by Gasteiger charge is 2.42. The number of likely N-dealkylation sites (N-methyl/N-ethyl adjacent to an activating group) is 1. The van der Waals surface area contributed by atoms with Crippen LogP contribution in [-0.4, -0.2) is 68.3 Å². The van der Waals surface area contributed by atoms with Crippen LogP contribution < -0.4 is 14.5 Å². The van der Waals surface area contributed by atoms with E-state index in [1.165, 1.54) is 55.4 Å². The van der Waals surface area contributed by atoms with Gasteiger partial charge in [-0.05, 0) is 87.4 Å². The molecule has 6 nitrogen and oxygen atoms in total. The van der Waals surface area contributed by atoms with Crippen LogP contribution in [-0.2, 0) is 5.41 Å². The zero-order valence-corrected chi connectivity index (χ0v) is 22.7. The summed E-state index contributed by atoms with van der Waals surface area (Å²) >= 11 is 0. The van der Waals surface area contributed by atoms with E-state index in [9.17, 15) is 0 Å². The second-order valence-corrected chi connectivity index (χ2v) is 11.6. The van der Waals surface area contributed by atoms with Gasteiger partial charge in [-0.3, -0.25) is 0 Å².